The van der Waals surface area contributed by atoms with Crippen molar-refractivity contribution >= 4 is 23.7 Å². The summed E-state index contributed by atoms with van der Waals surface area (Å²) in [4.78, 5) is 21.3. The van der Waals surface area contributed by atoms with Gasteiger partial charge in [0.25, 0.3) is 0 Å². The highest BCUT2D eigenvalue weighted by Gasteiger charge is 2.05. The van der Waals surface area contributed by atoms with Crippen LogP contribution in [-0.2, 0) is 9.59 Å². The number of hydrogen-bond donors (Lipinski definition) is 2. The summed E-state index contributed by atoms with van der Waals surface area (Å²) in [5.41, 5.74) is 1.05. The Morgan fingerprint density at radius 3 is 2.75 bits per heavy atom. The third-order valence-corrected chi connectivity index (χ3v) is 1.83. The maximum atomic E-state index is 10.9. The molecule has 0 unspecified atom stereocenters. The minimum absolute atomic E-state index is 0.196. The predicted octanol–water partition coefficient (Wildman–Crippen LogP) is 1.61. The van der Waals surface area contributed by atoms with Gasteiger partial charge in [-0.2, -0.15) is 0 Å². The maximum Gasteiger partial charge on any atom is 0.221 e. The summed E-state index contributed by atoms with van der Waals surface area (Å²) in [5, 5.41) is 5.12. The summed E-state index contributed by atoms with van der Waals surface area (Å²) in [6.07, 6.45) is 0.552. The highest BCUT2D eigenvalue weighted by Crippen LogP contribution is 2.26. The zero-order chi connectivity index (χ0) is 12.0. The second kappa shape index (κ2) is 5.75. The van der Waals surface area contributed by atoms with E-state index in [2.05, 4.69) is 10.6 Å². The Labute approximate surface area is 93.8 Å². The molecule has 0 spiro atoms. The molecule has 1 aromatic rings. The lowest BCUT2D eigenvalue weighted by Crippen LogP contribution is -2.09. The molecule has 86 valence electrons. The van der Waals surface area contributed by atoms with Gasteiger partial charge in [0.05, 0.1) is 18.0 Å². The lowest BCUT2D eigenvalue weighted by molar-refractivity contribution is -0.114. The Bertz CT molecular complexity index is 391. The molecule has 0 radical (unpaired) electrons. The first-order valence-electron chi connectivity index (χ1n) is 4.92. The topological polar surface area (TPSA) is 67.4 Å². The zero-order valence-electron chi connectivity index (χ0n) is 9.24. The molecule has 0 aliphatic rings. The number of amides is 2. The van der Waals surface area contributed by atoms with Crippen LogP contribution in [0.1, 0.15) is 13.8 Å². The van der Waals surface area contributed by atoms with Crippen molar-refractivity contribution in [3.63, 3.8) is 0 Å². The van der Waals surface area contributed by atoms with E-state index in [1.54, 1.807) is 18.2 Å². The molecule has 5 nitrogen and oxygen atoms in total. The van der Waals surface area contributed by atoms with Gasteiger partial charge >= 0.3 is 0 Å². The van der Waals surface area contributed by atoms with Gasteiger partial charge in [-0.25, -0.2) is 0 Å². The molecule has 0 saturated carbocycles. The van der Waals surface area contributed by atoms with Gasteiger partial charge in [-0.1, -0.05) is 0 Å². The molecule has 1 aromatic carbocycles. The van der Waals surface area contributed by atoms with Gasteiger partial charge in [0, 0.05) is 13.0 Å². The van der Waals surface area contributed by atoms with Crippen LogP contribution in [0.2, 0.25) is 0 Å². The van der Waals surface area contributed by atoms with Crippen molar-refractivity contribution in [3.05, 3.63) is 18.2 Å². The second-order valence-electron chi connectivity index (χ2n) is 3.08. The molecule has 0 aromatic heterocycles. The Hall–Kier alpha value is -2.04. The molecule has 2 amide bonds. The van der Waals surface area contributed by atoms with E-state index < -0.39 is 0 Å². The van der Waals surface area contributed by atoms with Gasteiger partial charge in [-0.3, -0.25) is 9.59 Å². The molecule has 5 heteroatoms. The van der Waals surface area contributed by atoms with E-state index in [4.69, 9.17) is 4.74 Å². The molecular formula is C11H14N2O3. The van der Waals surface area contributed by atoms with Crippen LogP contribution in [0.15, 0.2) is 18.2 Å². The van der Waals surface area contributed by atoms with Crippen molar-refractivity contribution in [2.24, 2.45) is 0 Å². The highest BCUT2D eigenvalue weighted by atomic mass is 16.5. The molecule has 0 bridgehead atoms. The van der Waals surface area contributed by atoms with Gasteiger partial charge in [-0.05, 0) is 19.1 Å². The first-order valence-corrected chi connectivity index (χ1v) is 4.92. The molecule has 16 heavy (non-hydrogen) atoms. The SMILES string of the molecule is CCOc1ccc(NC(C)=O)c(NC=O)c1. The molecular weight excluding hydrogens is 208 g/mol. The fourth-order valence-corrected chi connectivity index (χ4v) is 1.26. The van der Waals surface area contributed by atoms with Crippen LogP contribution in [0.3, 0.4) is 0 Å². The number of hydrogen-bond acceptors (Lipinski definition) is 3. The Morgan fingerprint density at radius 1 is 1.44 bits per heavy atom. The number of carbonyl (C=O) groups is 2. The number of rotatable bonds is 5. The van der Waals surface area contributed by atoms with Crippen LogP contribution in [0.25, 0.3) is 0 Å². The third kappa shape index (κ3) is 3.27. The molecule has 0 aliphatic carbocycles. The van der Waals surface area contributed by atoms with Gasteiger partial charge in [0.2, 0.25) is 12.3 Å². The molecule has 0 atom stereocenters. The second-order valence-corrected chi connectivity index (χ2v) is 3.08. The number of carbonyl (C=O) groups excluding carboxylic acids is 2. The average Bonchev–Trinajstić information content (AvgIpc) is 2.22. The summed E-state index contributed by atoms with van der Waals surface area (Å²) in [6, 6.07) is 5.06. The van der Waals surface area contributed by atoms with E-state index in [9.17, 15) is 9.59 Å². The lowest BCUT2D eigenvalue weighted by Gasteiger charge is -2.11. The summed E-state index contributed by atoms with van der Waals surface area (Å²) < 4.78 is 5.28. The minimum Gasteiger partial charge on any atom is -0.494 e. The van der Waals surface area contributed by atoms with Crippen molar-refractivity contribution in [1.29, 1.82) is 0 Å². The predicted molar refractivity (Wildman–Crippen MR) is 61.6 cm³/mol. The van der Waals surface area contributed by atoms with E-state index in [1.165, 1.54) is 6.92 Å². The fraction of sp³-hybridized carbons (Fsp3) is 0.273. The van der Waals surface area contributed by atoms with Crippen LogP contribution in [0.4, 0.5) is 11.4 Å². The molecule has 1 rings (SSSR count). The van der Waals surface area contributed by atoms with Gasteiger partial charge in [0.15, 0.2) is 0 Å². The van der Waals surface area contributed by atoms with Crippen molar-refractivity contribution < 1.29 is 14.3 Å². The average molecular weight is 222 g/mol. The summed E-state index contributed by atoms with van der Waals surface area (Å²) in [7, 11) is 0. The fourth-order valence-electron chi connectivity index (χ4n) is 1.26. The molecule has 0 heterocycles. The van der Waals surface area contributed by atoms with Crippen LogP contribution < -0.4 is 15.4 Å². The number of benzene rings is 1. The van der Waals surface area contributed by atoms with E-state index in [-0.39, 0.29) is 5.91 Å². The van der Waals surface area contributed by atoms with E-state index in [0.29, 0.717) is 30.1 Å². The normalized spacial score (nSPS) is 9.38. The standard InChI is InChI=1S/C11H14N2O3/c1-3-16-9-4-5-10(13-8(2)15)11(6-9)12-7-14/h4-7H,3H2,1-2H3,(H,12,14)(H,13,15). The molecule has 2 N–H and O–H groups in total. The zero-order valence-corrected chi connectivity index (χ0v) is 9.24. The van der Waals surface area contributed by atoms with Crippen molar-refractivity contribution in [1.82, 2.24) is 0 Å². The van der Waals surface area contributed by atoms with Crippen molar-refractivity contribution in [2.45, 2.75) is 13.8 Å². The van der Waals surface area contributed by atoms with E-state index in [0.717, 1.165) is 0 Å². The molecule has 0 aliphatic heterocycles. The van der Waals surface area contributed by atoms with Crippen molar-refractivity contribution in [3.8, 4) is 5.75 Å². The first kappa shape index (κ1) is 12.0. The van der Waals surface area contributed by atoms with Crippen LogP contribution >= 0.6 is 0 Å². The van der Waals surface area contributed by atoms with Gasteiger partial charge < -0.3 is 15.4 Å². The Kier molecular flexibility index (Phi) is 4.32. The highest BCUT2D eigenvalue weighted by molar-refractivity contribution is 5.94. The summed E-state index contributed by atoms with van der Waals surface area (Å²) in [6.45, 7) is 3.82. The minimum atomic E-state index is -0.196. The molecule has 0 fully saturated rings. The first-order chi connectivity index (χ1) is 7.67. The monoisotopic (exact) mass is 222 g/mol. The molecule has 0 saturated heterocycles. The number of nitrogens with one attached hydrogen (secondary N) is 2. The van der Waals surface area contributed by atoms with Crippen LogP contribution in [0, 0.1) is 0 Å². The van der Waals surface area contributed by atoms with Gasteiger partial charge in [-0.15, -0.1) is 0 Å². The smallest absolute Gasteiger partial charge is 0.221 e. The quantitative estimate of drug-likeness (QED) is 0.744. The van der Waals surface area contributed by atoms with Crippen LogP contribution in [0.5, 0.6) is 5.75 Å². The van der Waals surface area contributed by atoms with E-state index in [1.807, 2.05) is 6.92 Å². The Balaban J connectivity index is 2.98. The van der Waals surface area contributed by atoms with E-state index >= 15 is 0 Å². The maximum absolute atomic E-state index is 10.9. The number of ether oxygens (including phenoxy) is 1. The lowest BCUT2D eigenvalue weighted by atomic mass is 10.2. The summed E-state index contributed by atoms with van der Waals surface area (Å²) >= 11 is 0. The van der Waals surface area contributed by atoms with Gasteiger partial charge in [0.1, 0.15) is 5.75 Å². The Morgan fingerprint density at radius 2 is 2.19 bits per heavy atom. The summed E-state index contributed by atoms with van der Waals surface area (Å²) in [5.74, 6) is 0.444. The van der Waals surface area contributed by atoms with Crippen molar-refractivity contribution in [2.75, 3.05) is 17.2 Å². The third-order valence-electron chi connectivity index (χ3n) is 1.83. The van der Waals surface area contributed by atoms with Crippen LogP contribution in [-0.4, -0.2) is 18.9 Å². The number of anilines is 2. The largest absolute Gasteiger partial charge is 0.494 e.